The van der Waals surface area contributed by atoms with Crippen LogP contribution in [0.15, 0.2) is 18.2 Å². The topological polar surface area (TPSA) is 43.1 Å². The first-order valence-corrected chi connectivity index (χ1v) is 5.37. The van der Waals surface area contributed by atoms with Crippen LogP contribution in [-0.4, -0.2) is 5.91 Å². The largest absolute Gasteiger partial charge is 0.365 e. The predicted molar refractivity (Wildman–Crippen MR) is 60.1 cm³/mol. The van der Waals surface area contributed by atoms with Crippen LogP contribution < -0.4 is 5.73 Å². The number of benzene rings is 2. The highest BCUT2D eigenvalue weighted by Crippen LogP contribution is 2.34. The summed E-state index contributed by atoms with van der Waals surface area (Å²) in [6, 6.07) is 2.52. The van der Waals surface area contributed by atoms with Crippen molar-refractivity contribution in [3.63, 3.8) is 0 Å². The second kappa shape index (κ2) is 5.12. The Morgan fingerprint density at radius 2 is 1.29 bits per heavy atom. The van der Waals surface area contributed by atoms with Gasteiger partial charge in [-0.1, -0.05) is 12.1 Å². The molecule has 0 bridgehead atoms. The lowest BCUT2D eigenvalue weighted by Gasteiger charge is -2.11. The van der Waals surface area contributed by atoms with E-state index in [-0.39, 0.29) is 0 Å². The summed E-state index contributed by atoms with van der Waals surface area (Å²) < 4.78 is 80.1. The molecular weight excluding hydrogens is 300 g/mol. The molecule has 0 aliphatic rings. The molecule has 0 heterocycles. The Kier molecular flexibility index (Phi) is 3.63. The van der Waals surface area contributed by atoms with Crippen molar-refractivity contribution in [1.82, 2.24) is 0 Å². The minimum absolute atomic E-state index is 0.760. The zero-order valence-electron chi connectivity index (χ0n) is 9.99. The summed E-state index contributed by atoms with van der Waals surface area (Å²) >= 11 is 0. The first-order chi connectivity index (χ1) is 9.77. The van der Waals surface area contributed by atoms with Gasteiger partial charge in [0.25, 0.3) is 5.91 Å². The van der Waals surface area contributed by atoms with Gasteiger partial charge in [0.15, 0.2) is 23.3 Å². The van der Waals surface area contributed by atoms with Crippen LogP contribution in [0.1, 0.15) is 10.4 Å². The lowest BCUT2D eigenvalue weighted by Crippen LogP contribution is -2.16. The van der Waals surface area contributed by atoms with Crippen LogP contribution in [0.2, 0.25) is 0 Å². The average molecular weight is 305 g/mol. The molecule has 0 aliphatic carbocycles. The van der Waals surface area contributed by atoms with Crippen molar-refractivity contribution in [2.45, 2.75) is 0 Å². The summed E-state index contributed by atoms with van der Waals surface area (Å²) in [6.07, 6.45) is 0. The second-order valence-corrected chi connectivity index (χ2v) is 3.97. The van der Waals surface area contributed by atoms with Crippen LogP contribution in [0.3, 0.4) is 0 Å². The van der Waals surface area contributed by atoms with E-state index in [2.05, 4.69) is 0 Å². The second-order valence-electron chi connectivity index (χ2n) is 3.97. The number of amides is 1. The Morgan fingerprint density at radius 3 is 1.76 bits per heavy atom. The van der Waals surface area contributed by atoms with Crippen molar-refractivity contribution >= 4 is 5.91 Å². The maximum Gasteiger partial charge on any atom is 0.252 e. The molecule has 0 spiro atoms. The Morgan fingerprint density at radius 1 is 0.810 bits per heavy atom. The molecule has 21 heavy (non-hydrogen) atoms. The third kappa shape index (κ3) is 2.22. The van der Waals surface area contributed by atoms with Gasteiger partial charge in [-0.15, -0.1) is 0 Å². The number of carbonyl (C=O) groups is 1. The number of hydrogen-bond acceptors (Lipinski definition) is 1. The molecular formula is C13H5F6NO. The van der Waals surface area contributed by atoms with Gasteiger partial charge in [0.05, 0.1) is 11.1 Å². The van der Waals surface area contributed by atoms with Gasteiger partial charge in [-0.2, -0.15) is 0 Å². The highest BCUT2D eigenvalue weighted by atomic mass is 19.2. The molecule has 2 aromatic carbocycles. The van der Waals surface area contributed by atoms with E-state index in [9.17, 15) is 31.1 Å². The quantitative estimate of drug-likeness (QED) is 0.516. The first-order valence-electron chi connectivity index (χ1n) is 5.37. The smallest absolute Gasteiger partial charge is 0.252 e. The number of hydrogen-bond donors (Lipinski definition) is 1. The molecule has 1 amide bonds. The average Bonchev–Trinajstić information content (AvgIpc) is 2.43. The molecule has 0 radical (unpaired) electrons. The van der Waals surface area contributed by atoms with Crippen molar-refractivity contribution in [2.24, 2.45) is 5.73 Å². The normalized spacial score (nSPS) is 10.8. The molecule has 110 valence electrons. The molecule has 0 saturated heterocycles. The Balaban J connectivity index is 2.93. The number of primary amides is 1. The van der Waals surface area contributed by atoms with Crippen molar-refractivity contribution in [3.05, 3.63) is 58.7 Å². The molecule has 2 nitrogen and oxygen atoms in total. The van der Waals surface area contributed by atoms with Gasteiger partial charge < -0.3 is 5.73 Å². The summed E-state index contributed by atoms with van der Waals surface area (Å²) in [5, 5.41) is 0. The third-order valence-corrected chi connectivity index (χ3v) is 2.74. The molecule has 0 fully saturated rings. The standard InChI is InChI=1S/C13H5F6NO/c14-5-3-1-2-4(6(5)13(20)21)7-8(15)10(17)12(19)11(18)9(7)16/h1-3H,(H2,20,21). The van der Waals surface area contributed by atoms with Crippen LogP contribution >= 0.6 is 0 Å². The van der Waals surface area contributed by atoms with Gasteiger partial charge in [-0.05, 0) is 6.07 Å². The van der Waals surface area contributed by atoms with Gasteiger partial charge in [0, 0.05) is 5.56 Å². The van der Waals surface area contributed by atoms with E-state index in [1.54, 1.807) is 0 Å². The summed E-state index contributed by atoms with van der Waals surface area (Å²) in [6.45, 7) is 0. The maximum absolute atomic E-state index is 13.7. The van der Waals surface area contributed by atoms with E-state index in [1.807, 2.05) is 0 Å². The molecule has 2 rings (SSSR count). The van der Waals surface area contributed by atoms with Gasteiger partial charge >= 0.3 is 0 Å². The van der Waals surface area contributed by atoms with Gasteiger partial charge in [-0.25, -0.2) is 26.3 Å². The van der Waals surface area contributed by atoms with Crippen LogP contribution in [0.25, 0.3) is 11.1 Å². The fraction of sp³-hybridized carbons (Fsp3) is 0. The summed E-state index contributed by atoms with van der Waals surface area (Å²) in [7, 11) is 0. The first kappa shape index (κ1) is 14.9. The molecule has 0 unspecified atom stereocenters. The Hall–Kier alpha value is -2.51. The van der Waals surface area contributed by atoms with E-state index < -0.39 is 57.5 Å². The maximum atomic E-state index is 13.7. The minimum Gasteiger partial charge on any atom is -0.365 e. The van der Waals surface area contributed by atoms with E-state index in [4.69, 9.17) is 5.73 Å². The minimum atomic E-state index is -2.36. The summed E-state index contributed by atoms with van der Waals surface area (Å²) in [5.74, 6) is -13.8. The molecule has 0 atom stereocenters. The Bertz CT molecular complexity index is 730. The van der Waals surface area contributed by atoms with Crippen LogP contribution in [-0.2, 0) is 0 Å². The van der Waals surface area contributed by atoms with Crippen LogP contribution in [0.4, 0.5) is 26.3 Å². The monoisotopic (exact) mass is 305 g/mol. The molecule has 0 aliphatic heterocycles. The summed E-state index contributed by atoms with van der Waals surface area (Å²) in [5.41, 5.74) is 1.66. The van der Waals surface area contributed by atoms with E-state index >= 15 is 0 Å². The fourth-order valence-corrected chi connectivity index (χ4v) is 1.82. The lowest BCUT2D eigenvalue weighted by atomic mass is 9.97. The number of carbonyl (C=O) groups excluding carboxylic acids is 1. The SMILES string of the molecule is NC(=O)c1c(F)cccc1-c1c(F)c(F)c(F)c(F)c1F. The highest BCUT2D eigenvalue weighted by molar-refractivity contribution is 6.00. The van der Waals surface area contributed by atoms with Crippen molar-refractivity contribution in [1.29, 1.82) is 0 Å². The van der Waals surface area contributed by atoms with E-state index in [1.165, 1.54) is 0 Å². The lowest BCUT2D eigenvalue weighted by molar-refractivity contribution is 0.0997. The van der Waals surface area contributed by atoms with Crippen molar-refractivity contribution in [2.75, 3.05) is 0 Å². The van der Waals surface area contributed by atoms with E-state index in [0.29, 0.717) is 0 Å². The van der Waals surface area contributed by atoms with Crippen molar-refractivity contribution < 1.29 is 31.1 Å². The zero-order valence-corrected chi connectivity index (χ0v) is 9.99. The molecule has 2 aromatic rings. The van der Waals surface area contributed by atoms with Gasteiger partial charge in [-0.3, -0.25) is 4.79 Å². The molecule has 2 N–H and O–H groups in total. The zero-order chi connectivity index (χ0) is 15.9. The third-order valence-electron chi connectivity index (χ3n) is 2.74. The van der Waals surface area contributed by atoms with Crippen LogP contribution in [0.5, 0.6) is 0 Å². The molecule has 0 aromatic heterocycles. The molecule has 8 heteroatoms. The van der Waals surface area contributed by atoms with Crippen LogP contribution in [0, 0.1) is 34.9 Å². The van der Waals surface area contributed by atoms with E-state index in [0.717, 1.165) is 18.2 Å². The van der Waals surface area contributed by atoms with Crippen molar-refractivity contribution in [3.8, 4) is 11.1 Å². The fourth-order valence-electron chi connectivity index (χ4n) is 1.82. The Labute approximate surface area is 113 Å². The predicted octanol–water partition coefficient (Wildman–Crippen LogP) is 3.29. The molecule has 0 saturated carbocycles. The number of nitrogens with two attached hydrogens (primary N) is 1. The summed E-state index contributed by atoms with van der Waals surface area (Å²) in [4.78, 5) is 11.2. The number of rotatable bonds is 2. The number of halogens is 6. The highest BCUT2D eigenvalue weighted by Gasteiger charge is 2.29. The van der Waals surface area contributed by atoms with Gasteiger partial charge in [0.1, 0.15) is 5.82 Å². The van der Waals surface area contributed by atoms with Gasteiger partial charge in [0.2, 0.25) is 5.82 Å².